The van der Waals surface area contributed by atoms with Crippen molar-refractivity contribution >= 4 is 5.96 Å². The van der Waals surface area contributed by atoms with Crippen molar-refractivity contribution in [3.63, 3.8) is 0 Å². The molecule has 1 aliphatic rings. The summed E-state index contributed by atoms with van der Waals surface area (Å²) in [5, 5.41) is 6.67. The molecule has 0 saturated heterocycles. The van der Waals surface area contributed by atoms with E-state index in [2.05, 4.69) is 41.4 Å². The predicted molar refractivity (Wildman–Crippen MR) is 94.5 cm³/mol. The van der Waals surface area contributed by atoms with Crippen molar-refractivity contribution in [3.8, 4) is 0 Å². The first-order valence-electron chi connectivity index (χ1n) is 8.86. The van der Waals surface area contributed by atoms with Gasteiger partial charge in [0, 0.05) is 39.3 Å². The van der Waals surface area contributed by atoms with Crippen LogP contribution in [-0.2, 0) is 4.74 Å². The van der Waals surface area contributed by atoms with Gasteiger partial charge in [0.05, 0.1) is 6.61 Å². The lowest BCUT2D eigenvalue weighted by atomic mass is 10.1. The molecule has 0 atom stereocenters. The number of nitrogens with zero attached hydrogens (tertiary/aromatic N) is 2. The normalized spacial score (nSPS) is 16.7. The molecular weight excluding hydrogens is 276 g/mol. The number of nitrogens with one attached hydrogen (secondary N) is 2. The van der Waals surface area contributed by atoms with Crippen molar-refractivity contribution < 1.29 is 4.74 Å². The highest BCUT2D eigenvalue weighted by Crippen LogP contribution is 2.21. The van der Waals surface area contributed by atoms with Crippen LogP contribution in [0.4, 0.5) is 0 Å². The summed E-state index contributed by atoms with van der Waals surface area (Å²) in [6, 6.07) is 0.783. The molecule has 1 rings (SSSR count). The van der Waals surface area contributed by atoms with E-state index in [1.165, 1.54) is 25.7 Å². The van der Waals surface area contributed by atoms with Gasteiger partial charge in [-0.2, -0.15) is 0 Å². The summed E-state index contributed by atoms with van der Waals surface area (Å²) in [7, 11) is 4.05. The van der Waals surface area contributed by atoms with Gasteiger partial charge in [-0.15, -0.1) is 0 Å². The van der Waals surface area contributed by atoms with Crippen molar-refractivity contribution in [2.24, 2.45) is 10.9 Å². The Morgan fingerprint density at radius 1 is 1.18 bits per heavy atom. The minimum absolute atomic E-state index is 0.708. The molecule has 0 aromatic rings. The molecule has 5 nitrogen and oxygen atoms in total. The molecule has 1 fully saturated rings. The minimum Gasteiger partial charge on any atom is -0.380 e. The number of aliphatic imine (C=N–C) groups is 1. The summed E-state index contributed by atoms with van der Waals surface area (Å²) in [5.41, 5.74) is 0. The molecule has 0 aliphatic heterocycles. The molecule has 0 amide bonds. The third kappa shape index (κ3) is 8.59. The molecule has 1 saturated carbocycles. The molecule has 0 heterocycles. The third-order valence-electron chi connectivity index (χ3n) is 4.31. The van der Waals surface area contributed by atoms with E-state index in [1.54, 1.807) is 0 Å². The van der Waals surface area contributed by atoms with Gasteiger partial charge in [0.1, 0.15) is 0 Å². The first kappa shape index (κ1) is 19.2. The Bertz CT molecular complexity index is 301. The number of rotatable bonds is 10. The lowest BCUT2D eigenvalue weighted by Gasteiger charge is -2.24. The fourth-order valence-corrected chi connectivity index (χ4v) is 2.76. The number of guanidine groups is 1. The zero-order chi connectivity index (χ0) is 16.2. The van der Waals surface area contributed by atoms with Crippen molar-refractivity contribution in [3.05, 3.63) is 0 Å². The molecule has 0 bridgehead atoms. The Kier molecular flexibility index (Phi) is 10.2. The number of likely N-dealkylation sites (N-methyl/N-ethyl adjacent to an activating group) is 1. The van der Waals surface area contributed by atoms with Gasteiger partial charge in [-0.05, 0) is 32.2 Å². The fraction of sp³-hybridized carbons (Fsp3) is 0.941. The fourth-order valence-electron chi connectivity index (χ4n) is 2.76. The highest BCUT2D eigenvalue weighted by molar-refractivity contribution is 5.79. The predicted octanol–water partition coefficient (Wildman–Crippen LogP) is 2.09. The lowest BCUT2D eigenvalue weighted by Crippen LogP contribution is -2.43. The van der Waals surface area contributed by atoms with Gasteiger partial charge >= 0.3 is 0 Å². The molecule has 0 unspecified atom stereocenters. The first-order chi connectivity index (χ1) is 10.6. The summed E-state index contributed by atoms with van der Waals surface area (Å²) in [6.07, 6.45) is 6.62. The van der Waals surface area contributed by atoms with Gasteiger partial charge in [0.2, 0.25) is 0 Å². The number of hydrogen-bond acceptors (Lipinski definition) is 3. The van der Waals surface area contributed by atoms with Crippen LogP contribution in [0, 0.1) is 5.92 Å². The van der Waals surface area contributed by atoms with Crippen LogP contribution in [0.25, 0.3) is 0 Å². The summed E-state index contributed by atoms with van der Waals surface area (Å²) < 4.78 is 5.60. The van der Waals surface area contributed by atoms with E-state index in [9.17, 15) is 0 Å². The maximum Gasteiger partial charge on any atom is 0.191 e. The molecule has 0 spiro atoms. The highest BCUT2D eigenvalue weighted by atomic mass is 16.5. The third-order valence-corrected chi connectivity index (χ3v) is 4.31. The summed E-state index contributed by atoms with van der Waals surface area (Å²) in [6.45, 7) is 8.81. The molecule has 5 heteroatoms. The van der Waals surface area contributed by atoms with Gasteiger partial charge < -0.3 is 20.3 Å². The van der Waals surface area contributed by atoms with Crippen molar-refractivity contribution in [1.29, 1.82) is 0 Å². The molecule has 2 N–H and O–H groups in total. The van der Waals surface area contributed by atoms with E-state index in [0.717, 1.165) is 51.3 Å². The van der Waals surface area contributed by atoms with Gasteiger partial charge in [-0.25, -0.2) is 0 Å². The van der Waals surface area contributed by atoms with E-state index in [-0.39, 0.29) is 0 Å². The molecule has 130 valence electrons. The van der Waals surface area contributed by atoms with Crippen LogP contribution in [0.2, 0.25) is 0 Å². The number of ether oxygens (including phenoxy) is 1. The Balaban J connectivity index is 2.02. The molecule has 0 radical (unpaired) electrons. The van der Waals surface area contributed by atoms with Crippen LogP contribution in [0.1, 0.15) is 46.0 Å². The second-order valence-electron chi connectivity index (χ2n) is 6.64. The first-order valence-corrected chi connectivity index (χ1v) is 8.86. The van der Waals surface area contributed by atoms with Crippen LogP contribution in [0.3, 0.4) is 0 Å². The van der Waals surface area contributed by atoms with E-state index < -0.39 is 0 Å². The van der Waals surface area contributed by atoms with Crippen LogP contribution < -0.4 is 10.6 Å². The molecule has 0 aromatic heterocycles. The second kappa shape index (κ2) is 11.7. The largest absolute Gasteiger partial charge is 0.380 e. The van der Waals surface area contributed by atoms with Crippen molar-refractivity contribution in [2.75, 3.05) is 46.9 Å². The SMILES string of the molecule is CN=C(NCCOCCC(C)C)NCCN(C)C1CCCC1. The zero-order valence-corrected chi connectivity index (χ0v) is 15.0. The van der Waals surface area contributed by atoms with E-state index in [4.69, 9.17) is 4.74 Å². The van der Waals surface area contributed by atoms with Crippen LogP contribution in [0.5, 0.6) is 0 Å². The van der Waals surface area contributed by atoms with E-state index in [0.29, 0.717) is 5.92 Å². The minimum atomic E-state index is 0.708. The van der Waals surface area contributed by atoms with Gasteiger partial charge in [0.25, 0.3) is 0 Å². The molecular formula is C17H36N4O. The smallest absolute Gasteiger partial charge is 0.191 e. The van der Waals surface area contributed by atoms with Gasteiger partial charge in [-0.1, -0.05) is 26.7 Å². The summed E-state index contributed by atoms with van der Waals surface area (Å²) in [4.78, 5) is 6.72. The molecule has 0 aromatic carbocycles. The Morgan fingerprint density at radius 2 is 1.86 bits per heavy atom. The maximum atomic E-state index is 5.60. The van der Waals surface area contributed by atoms with Crippen molar-refractivity contribution in [1.82, 2.24) is 15.5 Å². The highest BCUT2D eigenvalue weighted by Gasteiger charge is 2.18. The topological polar surface area (TPSA) is 48.9 Å². The van der Waals surface area contributed by atoms with Crippen LogP contribution in [-0.4, -0.2) is 63.8 Å². The summed E-state index contributed by atoms with van der Waals surface area (Å²) >= 11 is 0. The summed E-state index contributed by atoms with van der Waals surface area (Å²) in [5.74, 6) is 1.58. The molecule has 22 heavy (non-hydrogen) atoms. The number of hydrogen-bond donors (Lipinski definition) is 2. The Morgan fingerprint density at radius 3 is 2.50 bits per heavy atom. The van der Waals surface area contributed by atoms with Crippen LogP contribution in [0.15, 0.2) is 4.99 Å². The lowest BCUT2D eigenvalue weighted by molar-refractivity contribution is 0.128. The standard InChI is InChI=1S/C17H36N4O/c1-15(2)9-13-22-14-11-20-17(18-3)19-10-12-21(4)16-7-5-6-8-16/h15-16H,5-14H2,1-4H3,(H2,18,19,20). The average molecular weight is 313 g/mol. The Labute approximate surface area is 136 Å². The quantitative estimate of drug-likeness (QED) is 0.368. The maximum absolute atomic E-state index is 5.60. The zero-order valence-electron chi connectivity index (χ0n) is 15.0. The van der Waals surface area contributed by atoms with E-state index in [1.807, 2.05) is 7.05 Å². The molecule has 1 aliphatic carbocycles. The van der Waals surface area contributed by atoms with Gasteiger partial charge in [0.15, 0.2) is 5.96 Å². The Hall–Kier alpha value is -0.810. The van der Waals surface area contributed by atoms with Gasteiger partial charge in [-0.3, -0.25) is 4.99 Å². The monoisotopic (exact) mass is 312 g/mol. The van der Waals surface area contributed by atoms with Crippen LogP contribution >= 0.6 is 0 Å². The second-order valence-corrected chi connectivity index (χ2v) is 6.64. The van der Waals surface area contributed by atoms with Crippen molar-refractivity contribution in [2.45, 2.75) is 52.0 Å². The van der Waals surface area contributed by atoms with E-state index >= 15 is 0 Å². The average Bonchev–Trinajstić information content (AvgIpc) is 3.02.